The molecule has 0 bridgehead atoms. The molecule has 0 fully saturated rings. The van der Waals surface area contributed by atoms with Crippen LogP contribution in [0, 0.1) is 0 Å². The second-order valence-electron chi connectivity index (χ2n) is 6.37. The first-order valence-electron chi connectivity index (χ1n) is 9.09. The standard InChI is InChI=1S/C20H25ClN2O5S/c1-4-19(28-17-7-5-6-15(21)14-17)20(24)22-12-13-27-16-8-10-18(11-9-16)29(25,26)23(2)3/h5-11,14,19H,4,12-13H2,1-3H3,(H,22,24). The minimum absolute atomic E-state index is 0.187. The van der Waals surface area contributed by atoms with E-state index >= 15 is 0 Å². The number of hydrogen-bond acceptors (Lipinski definition) is 5. The maximum absolute atomic E-state index is 12.3. The summed E-state index contributed by atoms with van der Waals surface area (Å²) >= 11 is 5.93. The molecular formula is C20H25ClN2O5S. The average Bonchev–Trinajstić information content (AvgIpc) is 2.69. The zero-order chi connectivity index (χ0) is 21.4. The van der Waals surface area contributed by atoms with Crippen molar-refractivity contribution in [3.05, 3.63) is 53.6 Å². The third-order valence-electron chi connectivity index (χ3n) is 4.01. The van der Waals surface area contributed by atoms with Gasteiger partial charge < -0.3 is 14.8 Å². The van der Waals surface area contributed by atoms with E-state index in [1.54, 1.807) is 36.4 Å². The number of amides is 1. The first-order valence-corrected chi connectivity index (χ1v) is 10.9. The molecule has 0 saturated heterocycles. The molecule has 1 atom stereocenters. The topological polar surface area (TPSA) is 84.9 Å². The summed E-state index contributed by atoms with van der Waals surface area (Å²) in [5, 5.41) is 3.30. The highest BCUT2D eigenvalue weighted by atomic mass is 35.5. The molecule has 2 aromatic rings. The molecule has 0 aliphatic carbocycles. The Bertz CT molecular complexity index is 917. The Kier molecular flexibility index (Phi) is 8.31. The number of nitrogens with zero attached hydrogens (tertiary/aromatic N) is 1. The zero-order valence-electron chi connectivity index (χ0n) is 16.6. The highest BCUT2D eigenvalue weighted by molar-refractivity contribution is 7.89. The molecule has 2 rings (SSSR count). The van der Waals surface area contributed by atoms with Crippen molar-refractivity contribution in [3.8, 4) is 11.5 Å². The highest BCUT2D eigenvalue weighted by Gasteiger charge is 2.18. The largest absolute Gasteiger partial charge is 0.492 e. The van der Waals surface area contributed by atoms with Crippen LogP contribution in [0.25, 0.3) is 0 Å². The Hall–Kier alpha value is -2.29. The number of carbonyl (C=O) groups is 1. The maximum Gasteiger partial charge on any atom is 0.261 e. The van der Waals surface area contributed by atoms with Gasteiger partial charge in [0.2, 0.25) is 10.0 Å². The smallest absolute Gasteiger partial charge is 0.261 e. The molecule has 9 heteroatoms. The Labute approximate surface area is 176 Å². The van der Waals surface area contributed by atoms with Gasteiger partial charge in [-0.2, -0.15) is 0 Å². The number of rotatable bonds is 10. The van der Waals surface area contributed by atoms with Gasteiger partial charge in [0.05, 0.1) is 11.4 Å². The first-order chi connectivity index (χ1) is 13.7. The third-order valence-corrected chi connectivity index (χ3v) is 6.07. The molecule has 0 radical (unpaired) electrons. The summed E-state index contributed by atoms with van der Waals surface area (Å²) in [6, 6.07) is 13.0. The van der Waals surface area contributed by atoms with Gasteiger partial charge in [-0.1, -0.05) is 24.6 Å². The fraction of sp³-hybridized carbons (Fsp3) is 0.350. The van der Waals surface area contributed by atoms with Crippen molar-refractivity contribution in [3.63, 3.8) is 0 Å². The van der Waals surface area contributed by atoms with Crippen LogP contribution in [0.4, 0.5) is 0 Å². The van der Waals surface area contributed by atoms with Gasteiger partial charge in [0, 0.05) is 19.1 Å². The molecule has 0 heterocycles. The quantitative estimate of drug-likeness (QED) is 0.574. The van der Waals surface area contributed by atoms with E-state index in [1.165, 1.54) is 26.2 Å². The van der Waals surface area contributed by atoms with Gasteiger partial charge in [-0.15, -0.1) is 0 Å². The lowest BCUT2D eigenvalue weighted by Gasteiger charge is -2.17. The van der Waals surface area contributed by atoms with Gasteiger partial charge in [-0.25, -0.2) is 12.7 Å². The predicted octanol–water partition coefficient (Wildman–Crippen LogP) is 2.94. The van der Waals surface area contributed by atoms with Crippen molar-refractivity contribution in [2.75, 3.05) is 27.2 Å². The fourth-order valence-electron chi connectivity index (χ4n) is 2.40. The molecule has 0 saturated carbocycles. The van der Waals surface area contributed by atoms with Crippen LogP contribution in [0.1, 0.15) is 13.3 Å². The summed E-state index contributed by atoms with van der Waals surface area (Å²) in [6.07, 6.45) is -0.134. The SMILES string of the molecule is CCC(Oc1cccc(Cl)c1)C(=O)NCCOc1ccc(S(=O)(=O)N(C)C)cc1. The molecule has 0 aliphatic rings. The van der Waals surface area contributed by atoms with Crippen LogP contribution >= 0.6 is 11.6 Å². The fourth-order valence-corrected chi connectivity index (χ4v) is 3.48. The van der Waals surface area contributed by atoms with Gasteiger partial charge in [0.1, 0.15) is 18.1 Å². The summed E-state index contributed by atoms with van der Waals surface area (Å²) in [4.78, 5) is 12.5. The third kappa shape index (κ3) is 6.62. The van der Waals surface area contributed by atoms with Crippen molar-refractivity contribution < 1.29 is 22.7 Å². The van der Waals surface area contributed by atoms with Crippen LogP contribution in [0.3, 0.4) is 0 Å². The predicted molar refractivity (Wildman–Crippen MR) is 112 cm³/mol. The number of halogens is 1. The van der Waals surface area contributed by atoms with Crippen LogP contribution in [-0.4, -0.2) is 52.0 Å². The van der Waals surface area contributed by atoms with E-state index in [-0.39, 0.29) is 24.0 Å². The van der Waals surface area contributed by atoms with E-state index < -0.39 is 16.1 Å². The monoisotopic (exact) mass is 440 g/mol. The molecule has 158 valence electrons. The second kappa shape index (κ2) is 10.5. The number of sulfonamides is 1. The molecule has 0 spiro atoms. The second-order valence-corrected chi connectivity index (χ2v) is 8.96. The van der Waals surface area contributed by atoms with Gasteiger partial charge in [-0.05, 0) is 48.9 Å². The van der Waals surface area contributed by atoms with Gasteiger partial charge in [0.25, 0.3) is 5.91 Å². The summed E-state index contributed by atoms with van der Waals surface area (Å²) in [5.41, 5.74) is 0. The van der Waals surface area contributed by atoms with Crippen molar-refractivity contribution >= 4 is 27.5 Å². The van der Waals surface area contributed by atoms with Gasteiger partial charge in [-0.3, -0.25) is 4.79 Å². The maximum atomic E-state index is 12.3. The number of ether oxygens (including phenoxy) is 2. The van der Waals surface area contributed by atoms with Crippen LogP contribution < -0.4 is 14.8 Å². The molecule has 7 nitrogen and oxygen atoms in total. The highest BCUT2D eigenvalue weighted by Crippen LogP contribution is 2.19. The molecule has 1 unspecified atom stereocenters. The van der Waals surface area contributed by atoms with E-state index in [9.17, 15) is 13.2 Å². The van der Waals surface area contributed by atoms with Crippen molar-refractivity contribution in [1.82, 2.24) is 9.62 Å². The molecule has 2 aromatic carbocycles. The van der Waals surface area contributed by atoms with Crippen molar-refractivity contribution in [2.45, 2.75) is 24.3 Å². The van der Waals surface area contributed by atoms with E-state index in [1.807, 2.05) is 6.92 Å². The van der Waals surface area contributed by atoms with E-state index in [0.29, 0.717) is 22.9 Å². The molecule has 0 aromatic heterocycles. The average molecular weight is 441 g/mol. The Balaban J connectivity index is 1.81. The lowest BCUT2D eigenvalue weighted by atomic mass is 10.2. The number of carbonyl (C=O) groups excluding carboxylic acids is 1. The molecule has 29 heavy (non-hydrogen) atoms. The zero-order valence-corrected chi connectivity index (χ0v) is 18.2. The van der Waals surface area contributed by atoms with E-state index in [0.717, 1.165) is 4.31 Å². The minimum atomic E-state index is -3.47. The Morgan fingerprint density at radius 3 is 2.41 bits per heavy atom. The summed E-state index contributed by atoms with van der Waals surface area (Å²) in [5.74, 6) is 0.797. The van der Waals surface area contributed by atoms with E-state index in [2.05, 4.69) is 5.32 Å². The molecule has 1 amide bonds. The first kappa shape index (κ1) is 23.0. The molecule has 1 N–H and O–H groups in total. The van der Waals surface area contributed by atoms with Gasteiger partial charge in [0.15, 0.2) is 6.10 Å². The summed E-state index contributed by atoms with van der Waals surface area (Å²) in [7, 11) is -0.524. The minimum Gasteiger partial charge on any atom is -0.492 e. The Morgan fingerprint density at radius 2 is 1.83 bits per heavy atom. The normalized spacial score (nSPS) is 12.4. The van der Waals surface area contributed by atoms with E-state index in [4.69, 9.17) is 21.1 Å². The summed E-state index contributed by atoms with van der Waals surface area (Å²) in [6.45, 7) is 2.37. The van der Waals surface area contributed by atoms with Crippen molar-refractivity contribution in [2.24, 2.45) is 0 Å². The van der Waals surface area contributed by atoms with Gasteiger partial charge >= 0.3 is 0 Å². The Morgan fingerprint density at radius 1 is 1.14 bits per heavy atom. The lowest BCUT2D eigenvalue weighted by molar-refractivity contribution is -0.128. The lowest BCUT2D eigenvalue weighted by Crippen LogP contribution is -2.39. The molecule has 0 aliphatic heterocycles. The van der Waals surface area contributed by atoms with Crippen LogP contribution in [0.2, 0.25) is 5.02 Å². The van der Waals surface area contributed by atoms with Crippen LogP contribution in [0.15, 0.2) is 53.4 Å². The summed E-state index contributed by atoms with van der Waals surface area (Å²) < 4.78 is 36.5. The van der Waals surface area contributed by atoms with Crippen molar-refractivity contribution in [1.29, 1.82) is 0 Å². The molecular weight excluding hydrogens is 416 g/mol. The van der Waals surface area contributed by atoms with Crippen LogP contribution in [-0.2, 0) is 14.8 Å². The number of nitrogens with one attached hydrogen (secondary N) is 1. The van der Waals surface area contributed by atoms with Crippen LogP contribution in [0.5, 0.6) is 11.5 Å². The number of benzene rings is 2. The number of hydrogen-bond donors (Lipinski definition) is 1.